The summed E-state index contributed by atoms with van der Waals surface area (Å²) in [6.07, 6.45) is -0.339. The van der Waals surface area contributed by atoms with Crippen LogP contribution in [0, 0.1) is 0 Å². The third kappa shape index (κ3) is 7.22. The molecule has 1 amide bonds. The van der Waals surface area contributed by atoms with Crippen LogP contribution in [0.5, 0.6) is 17.2 Å². The maximum atomic E-state index is 12.3. The lowest BCUT2D eigenvalue weighted by Gasteiger charge is -2.19. The third-order valence-corrected chi connectivity index (χ3v) is 5.01. The summed E-state index contributed by atoms with van der Waals surface area (Å²) in [5.74, 6) is 0.559. The van der Waals surface area contributed by atoms with E-state index in [1.807, 2.05) is 18.2 Å². The molecule has 0 radical (unpaired) electrons. The van der Waals surface area contributed by atoms with E-state index in [4.69, 9.17) is 42.1 Å². The van der Waals surface area contributed by atoms with E-state index in [0.29, 0.717) is 35.2 Å². The lowest BCUT2D eigenvalue weighted by molar-refractivity contribution is -0.157. The van der Waals surface area contributed by atoms with Crippen LogP contribution in [0.25, 0.3) is 0 Å². The summed E-state index contributed by atoms with van der Waals surface area (Å²) in [5, 5.41) is 0.729. The molecule has 0 spiro atoms. The van der Waals surface area contributed by atoms with Gasteiger partial charge in [0, 0.05) is 18.6 Å². The van der Waals surface area contributed by atoms with E-state index in [1.54, 1.807) is 33.4 Å². The van der Waals surface area contributed by atoms with Gasteiger partial charge >= 0.3 is 5.97 Å². The molecule has 2 aromatic carbocycles. The SMILES string of the molecule is COc1ccc(CCN(C)C(=O)COC(=O)[C@@H](C)Oc2ccc(Cl)cc2Cl)cc1OC. The molecule has 2 rings (SSSR count). The van der Waals surface area contributed by atoms with Crippen molar-refractivity contribution < 1.29 is 28.5 Å². The Kier molecular flexibility index (Phi) is 9.27. The Morgan fingerprint density at radius 1 is 1.00 bits per heavy atom. The zero-order valence-electron chi connectivity index (χ0n) is 17.8. The average Bonchev–Trinajstić information content (AvgIpc) is 2.76. The Labute approximate surface area is 191 Å². The van der Waals surface area contributed by atoms with Crippen LogP contribution in [-0.4, -0.2) is 57.3 Å². The van der Waals surface area contributed by atoms with E-state index in [9.17, 15) is 9.59 Å². The van der Waals surface area contributed by atoms with Gasteiger partial charge in [0.15, 0.2) is 24.2 Å². The summed E-state index contributed by atoms with van der Waals surface area (Å²) < 4.78 is 21.1. The first-order valence-corrected chi connectivity index (χ1v) is 10.2. The fourth-order valence-corrected chi connectivity index (χ4v) is 3.08. The molecule has 1 atom stereocenters. The van der Waals surface area contributed by atoms with Crippen LogP contribution in [0.15, 0.2) is 36.4 Å². The molecular weight excluding hydrogens is 445 g/mol. The Hall–Kier alpha value is -2.64. The highest BCUT2D eigenvalue weighted by Crippen LogP contribution is 2.29. The predicted octanol–water partition coefficient (Wildman–Crippen LogP) is 4.02. The third-order valence-electron chi connectivity index (χ3n) is 4.48. The van der Waals surface area contributed by atoms with Crippen molar-refractivity contribution in [2.75, 3.05) is 34.4 Å². The monoisotopic (exact) mass is 469 g/mol. The van der Waals surface area contributed by atoms with Crippen LogP contribution in [0.1, 0.15) is 12.5 Å². The minimum Gasteiger partial charge on any atom is -0.493 e. The van der Waals surface area contributed by atoms with Gasteiger partial charge in [0.25, 0.3) is 5.91 Å². The van der Waals surface area contributed by atoms with Crippen molar-refractivity contribution in [3.05, 3.63) is 52.0 Å². The molecular formula is C22H25Cl2NO6. The molecule has 0 aliphatic carbocycles. The fourth-order valence-electron chi connectivity index (χ4n) is 2.63. The van der Waals surface area contributed by atoms with Crippen LogP contribution in [0.4, 0.5) is 0 Å². The van der Waals surface area contributed by atoms with E-state index in [1.165, 1.54) is 17.9 Å². The quantitative estimate of drug-likeness (QED) is 0.489. The van der Waals surface area contributed by atoms with Gasteiger partial charge in [0.2, 0.25) is 0 Å². The van der Waals surface area contributed by atoms with Gasteiger partial charge in [0.1, 0.15) is 5.75 Å². The van der Waals surface area contributed by atoms with Crippen molar-refractivity contribution in [3.63, 3.8) is 0 Å². The number of rotatable bonds is 10. The first-order valence-electron chi connectivity index (χ1n) is 9.48. The number of esters is 1. The number of carbonyl (C=O) groups is 2. The highest BCUT2D eigenvalue weighted by Gasteiger charge is 2.20. The molecule has 0 aliphatic rings. The van der Waals surface area contributed by atoms with Crippen molar-refractivity contribution in [1.82, 2.24) is 4.90 Å². The van der Waals surface area contributed by atoms with Gasteiger partial charge in [-0.25, -0.2) is 4.79 Å². The van der Waals surface area contributed by atoms with Crippen LogP contribution in [0.3, 0.4) is 0 Å². The molecule has 0 aromatic heterocycles. The fraction of sp³-hybridized carbons (Fsp3) is 0.364. The molecule has 7 nitrogen and oxygen atoms in total. The van der Waals surface area contributed by atoms with Gasteiger partial charge in [-0.15, -0.1) is 0 Å². The summed E-state index contributed by atoms with van der Waals surface area (Å²) in [7, 11) is 4.78. The Morgan fingerprint density at radius 2 is 1.68 bits per heavy atom. The maximum absolute atomic E-state index is 12.3. The molecule has 0 heterocycles. The van der Waals surface area contributed by atoms with Gasteiger partial charge in [-0.3, -0.25) is 4.79 Å². The number of hydrogen-bond donors (Lipinski definition) is 0. The van der Waals surface area contributed by atoms with Gasteiger partial charge in [-0.1, -0.05) is 29.3 Å². The molecule has 0 aliphatic heterocycles. The number of nitrogens with zero attached hydrogens (tertiary/aromatic N) is 1. The molecule has 0 unspecified atom stereocenters. The van der Waals surface area contributed by atoms with Gasteiger partial charge in [-0.05, 0) is 49.2 Å². The molecule has 0 fully saturated rings. The molecule has 0 saturated heterocycles. The van der Waals surface area contributed by atoms with Crippen LogP contribution < -0.4 is 14.2 Å². The second-order valence-corrected chi connectivity index (χ2v) is 7.54. The zero-order valence-corrected chi connectivity index (χ0v) is 19.3. The second-order valence-electron chi connectivity index (χ2n) is 6.70. The Balaban J connectivity index is 1.81. The number of likely N-dealkylation sites (N-methyl/N-ethyl adjacent to an activating group) is 1. The standard InChI is InChI=1S/C22H25Cl2NO6/c1-14(31-18-8-6-16(23)12-17(18)24)22(27)30-13-21(26)25(2)10-9-15-5-7-19(28-3)20(11-15)29-4/h5-8,11-12,14H,9-10,13H2,1-4H3/t14-/m1/s1. The molecule has 0 N–H and O–H groups in total. The molecule has 2 aromatic rings. The summed E-state index contributed by atoms with van der Waals surface area (Å²) in [4.78, 5) is 25.9. The van der Waals surface area contributed by atoms with Gasteiger partial charge in [-0.2, -0.15) is 0 Å². The van der Waals surface area contributed by atoms with E-state index < -0.39 is 12.1 Å². The zero-order chi connectivity index (χ0) is 23.0. The predicted molar refractivity (Wildman–Crippen MR) is 118 cm³/mol. The number of halogens is 2. The van der Waals surface area contributed by atoms with E-state index in [2.05, 4.69) is 0 Å². The molecule has 31 heavy (non-hydrogen) atoms. The summed E-state index contributed by atoms with van der Waals surface area (Å²) in [6, 6.07) is 10.2. The summed E-state index contributed by atoms with van der Waals surface area (Å²) in [5.41, 5.74) is 0.983. The first-order chi connectivity index (χ1) is 14.7. The largest absolute Gasteiger partial charge is 0.493 e. The lowest BCUT2D eigenvalue weighted by Crippen LogP contribution is -2.35. The Bertz CT molecular complexity index is 921. The van der Waals surface area contributed by atoms with Crippen molar-refractivity contribution in [2.45, 2.75) is 19.4 Å². The number of carbonyl (C=O) groups excluding carboxylic acids is 2. The lowest BCUT2D eigenvalue weighted by atomic mass is 10.1. The Morgan fingerprint density at radius 3 is 2.32 bits per heavy atom. The normalized spacial score (nSPS) is 11.4. The first kappa shape index (κ1) is 24.6. The number of methoxy groups -OCH3 is 2. The van der Waals surface area contributed by atoms with Crippen molar-refractivity contribution >= 4 is 35.1 Å². The summed E-state index contributed by atoms with van der Waals surface area (Å²) >= 11 is 11.9. The van der Waals surface area contributed by atoms with E-state index in [-0.39, 0.29) is 17.5 Å². The minimum atomic E-state index is -0.941. The second kappa shape index (κ2) is 11.7. The van der Waals surface area contributed by atoms with Gasteiger partial charge < -0.3 is 23.8 Å². The smallest absolute Gasteiger partial charge is 0.347 e. The highest BCUT2D eigenvalue weighted by atomic mass is 35.5. The van der Waals surface area contributed by atoms with Crippen LogP contribution in [0.2, 0.25) is 10.0 Å². The van der Waals surface area contributed by atoms with E-state index in [0.717, 1.165) is 5.56 Å². The average molecular weight is 470 g/mol. The van der Waals surface area contributed by atoms with Crippen LogP contribution >= 0.6 is 23.2 Å². The van der Waals surface area contributed by atoms with E-state index >= 15 is 0 Å². The molecule has 9 heteroatoms. The van der Waals surface area contributed by atoms with Crippen molar-refractivity contribution in [2.24, 2.45) is 0 Å². The van der Waals surface area contributed by atoms with Crippen LogP contribution in [-0.2, 0) is 20.7 Å². The number of ether oxygens (including phenoxy) is 4. The highest BCUT2D eigenvalue weighted by molar-refractivity contribution is 6.35. The van der Waals surface area contributed by atoms with Gasteiger partial charge in [0.05, 0.1) is 19.2 Å². The maximum Gasteiger partial charge on any atom is 0.347 e. The summed E-state index contributed by atoms with van der Waals surface area (Å²) in [6.45, 7) is 1.57. The molecule has 168 valence electrons. The topological polar surface area (TPSA) is 74.3 Å². The minimum absolute atomic E-state index is 0.276. The number of amides is 1. The molecule has 0 bridgehead atoms. The number of benzene rings is 2. The van der Waals surface area contributed by atoms with Crippen molar-refractivity contribution in [1.29, 1.82) is 0 Å². The van der Waals surface area contributed by atoms with Crippen molar-refractivity contribution in [3.8, 4) is 17.2 Å². The molecule has 0 saturated carbocycles. The number of hydrogen-bond acceptors (Lipinski definition) is 6.